The normalized spacial score (nSPS) is 17.4. The summed E-state index contributed by atoms with van der Waals surface area (Å²) in [5, 5.41) is 7.17. The van der Waals surface area contributed by atoms with Crippen molar-refractivity contribution in [2.24, 2.45) is 5.92 Å². The highest BCUT2D eigenvalue weighted by atomic mass is 35.5. The first-order valence-electron chi connectivity index (χ1n) is 10.1. The van der Waals surface area contributed by atoms with Crippen molar-refractivity contribution in [1.29, 1.82) is 0 Å². The van der Waals surface area contributed by atoms with E-state index in [2.05, 4.69) is 15.5 Å². The van der Waals surface area contributed by atoms with Crippen molar-refractivity contribution in [2.75, 3.05) is 18.4 Å². The Morgan fingerprint density at radius 1 is 1.28 bits per heavy atom. The molecule has 1 aliphatic rings. The summed E-state index contributed by atoms with van der Waals surface area (Å²) in [6, 6.07) is 6.97. The summed E-state index contributed by atoms with van der Waals surface area (Å²) in [5.41, 5.74) is 1.51. The first-order valence-corrected chi connectivity index (χ1v) is 12.8. The van der Waals surface area contributed by atoms with Gasteiger partial charge < -0.3 is 9.84 Å². The first kappa shape index (κ1) is 22.9. The van der Waals surface area contributed by atoms with Gasteiger partial charge in [0, 0.05) is 24.9 Å². The predicted molar refractivity (Wildman–Crippen MR) is 123 cm³/mol. The lowest BCUT2D eigenvalue weighted by atomic mass is 9.98. The Balaban J connectivity index is 1.52. The molecule has 4 rings (SSSR count). The van der Waals surface area contributed by atoms with Crippen LogP contribution in [0.15, 0.2) is 33.7 Å². The number of nitrogens with one attached hydrogen (secondary N) is 1. The number of amides is 1. The van der Waals surface area contributed by atoms with Gasteiger partial charge in [-0.1, -0.05) is 22.8 Å². The molecule has 3 aromatic rings. The van der Waals surface area contributed by atoms with E-state index in [0.29, 0.717) is 51.6 Å². The minimum absolute atomic E-state index is 0.115. The summed E-state index contributed by atoms with van der Waals surface area (Å²) >= 11 is 7.53. The van der Waals surface area contributed by atoms with Crippen LogP contribution in [0.2, 0.25) is 5.02 Å². The highest BCUT2D eigenvalue weighted by Crippen LogP contribution is 2.35. The maximum Gasteiger partial charge on any atom is 0.244 e. The number of aryl methyl sites for hydroxylation is 3. The van der Waals surface area contributed by atoms with Crippen LogP contribution in [0.1, 0.15) is 29.2 Å². The number of sulfonamides is 1. The fourth-order valence-corrected chi connectivity index (χ4v) is 6.99. The van der Waals surface area contributed by atoms with E-state index < -0.39 is 15.9 Å². The lowest BCUT2D eigenvalue weighted by molar-refractivity contribution is -0.120. The van der Waals surface area contributed by atoms with Gasteiger partial charge in [0.05, 0.1) is 26.4 Å². The van der Waals surface area contributed by atoms with Crippen molar-refractivity contribution in [3.63, 3.8) is 0 Å². The third kappa shape index (κ3) is 4.59. The van der Waals surface area contributed by atoms with E-state index in [1.54, 1.807) is 32.0 Å². The SMILES string of the molecule is Cc1ccc(NC(=O)C2CCCN(S(=O)(=O)c3cc(-c4noc(C)n4)sc3C)C2)c(Cl)c1. The molecule has 1 saturated heterocycles. The minimum Gasteiger partial charge on any atom is -0.339 e. The molecule has 1 atom stereocenters. The van der Waals surface area contributed by atoms with Crippen LogP contribution in [0.25, 0.3) is 10.7 Å². The molecule has 0 spiro atoms. The van der Waals surface area contributed by atoms with Crippen LogP contribution in [0.3, 0.4) is 0 Å². The molecule has 1 fully saturated rings. The molecule has 8 nitrogen and oxygen atoms in total. The smallest absolute Gasteiger partial charge is 0.244 e. The lowest BCUT2D eigenvalue weighted by Gasteiger charge is -2.31. The molecule has 1 N–H and O–H groups in total. The number of carbonyl (C=O) groups excluding carboxylic acids is 1. The number of carbonyl (C=O) groups is 1. The summed E-state index contributed by atoms with van der Waals surface area (Å²) < 4.78 is 33.2. The lowest BCUT2D eigenvalue weighted by Crippen LogP contribution is -2.43. The number of hydrogen-bond donors (Lipinski definition) is 1. The zero-order valence-electron chi connectivity index (χ0n) is 17.9. The molecule has 170 valence electrons. The standard InChI is InChI=1S/C21H23ClN4O4S2/c1-12-6-7-17(16(22)9-12)24-21(27)15-5-4-8-26(11-15)32(28,29)19-10-18(31-13(19)2)20-23-14(3)30-25-20/h6-7,9-10,15H,4-5,8,11H2,1-3H3,(H,24,27). The highest BCUT2D eigenvalue weighted by molar-refractivity contribution is 7.89. The monoisotopic (exact) mass is 494 g/mol. The van der Waals surface area contributed by atoms with E-state index in [-0.39, 0.29) is 17.3 Å². The number of rotatable bonds is 5. The van der Waals surface area contributed by atoms with E-state index in [1.165, 1.54) is 15.6 Å². The number of piperidine rings is 1. The highest BCUT2D eigenvalue weighted by Gasteiger charge is 2.35. The average Bonchev–Trinajstić information content (AvgIpc) is 3.36. The topological polar surface area (TPSA) is 105 Å². The van der Waals surface area contributed by atoms with Crippen LogP contribution in [0.4, 0.5) is 5.69 Å². The summed E-state index contributed by atoms with van der Waals surface area (Å²) in [4.78, 5) is 18.5. The Hall–Kier alpha value is -2.27. The summed E-state index contributed by atoms with van der Waals surface area (Å²) in [6.45, 7) is 5.82. The van der Waals surface area contributed by atoms with Crippen molar-refractivity contribution >= 4 is 44.6 Å². The number of anilines is 1. The van der Waals surface area contributed by atoms with Crippen molar-refractivity contribution in [3.05, 3.63) is 45.6 Å². The number of thiophene rings is 1. The number of hydrogen-bond acceptors (Lipinski definition) is 7. The molecule has 0 saturated carbocycles. The number of halogens is 1. The van der Waals surface area contributed by atoms with Gasteiger partial charge in [0.15, 0.2) is 0 Å². The first-order chi connectivity index (χ1) is 15.1. The average molecular weight is 495 g/mol. The van der Waals surface area contributed by atoms with Crippen molar-refractivity contribution in [3.8, 4) is 10.7 Å². The summed E-state index contributed by atoms with van der Waals surface area (Å²) in [6.07, 6.45) is 1.20. The van der Waals surface area contributed by atoms with Crippen LogP contribution >= 0.6 is 22.9 Å². The van der Waals surface area contributed by atoms with Gasteiger partial charge in [-0.3, -0.25) is 4.79 Å². The van der Waals surface area contributed by atoms with Gasteiger partial charge in [-0.2, -0.15) is 9.29 Å². The third-order valence-corrected chi connectivity index (χ3v) is 8.86. The molecule has 32 heavy (non-hydrogen) atoms. The van der Waals surface area contributed by atoms with Crippen LogP contribution in [0, 0.1) is 26.7 Å². The largest absolute Gasteiger partial charge is 0.339 e. The Bertz CT molecular complexity index is 1270. The molecule has 1 unspecified atom stereocenters. The third-order valence-electron chi connectivity index (χ3n) is 5.38. The number of benzene rings is 1. The predicted octanol–water partition coefficient (Wildman–Crippen LogP) is 4.42. The Morgan fingerprint density at radius 2 is 2.06 bits per heavy atom. The molecule has 0 radical (unpaired) electrons. The molecule has 2 aromatic heterocycles. The van der Waals surface area contributed by atoms with Gasteiger partial charge in [-0.05, 0) is 50.5 Å². The van der Waals surface area contributed by atoms with E-state index in [4.69, 9.17) is 16.1 Å². The molecular weight excluding hydrogens is 472 g/mol. The summed E-state index contributed by atoms with van der Waals surface area (Å²) in [7, 11) is -3.77. The zero-order valence-corrected chi connectivity index (χ0v) is 20.3. The van der Waals surface area contributed by atoms with Gasteiger partial charge in [0.2, 0.25) is 27.6 Å². The minimum atomic E-state index is -3.77. The van der Waals surface area contributed by atoms with E-state index in [0.717, 1.165) is 5.56 Å². The van der Waals surface area contributed by atoms with Crippen LogP contribution in [-0.2, 0) is 14.8 Å². The maximum absolute atomic E-state index is 13.4. The van der Waals surface area contributed by atoms with Gasteiger partial charge in [0.1, 0.15) is 0 Å². The van der Waals surface area contributed by atoms with Gasteiger partial charge >= 0.3 is 0 Å². The summed E-state index contributed by atoms with van der Waals surface area (Å²) in [5.74, 6) is 0.0757. The zero-order chi connectivity index (χ0) is 23.0. The second kappa shape index (κ2) is 8.93. The van der Waals surface area contributed by atoms with Gasteiger partial charge in [0.25, 0.3) is 0 Å². The van der Waals surface area contributed by atoms with E-state index >= 15 is 0 Å². The van der Waals surface area contributed by atoms with Crippen LogP contribution in [0.5, 0.6) is 0 Å². The molecule has 1 aromatic carbocycles. The van der Waals surface area contributed by atoms with Crippen molar-refractivity contribution < 1.29 is 17.7 Å². The van der Waals surface area contributed by atoms with Gasteiger partial charge in [-0.25, -0.2) is 8.42 Å². The molecule has 1 aliphatic heterocycles. The van der Waals surface area contributed by atoms with Crippen LogP contribution in [-0.4, -0.2) is 41.9 Å². The Morgan fingerprint density at radius 3 is 2.75 bits per heavy atom. The van der Waals surface area contributed by atoms with Crippen LogP contribution < -0.4 is 5.32 Å². The van der Waals surface area contributed by atoms with Gasteiger partial charge in [-0.15, -0.1) is 11.3 Å². The Labute approximate surface area is 195 Å². The number of nitrogens with zero attached hydrogens (tertiary/aromatic N) is 3. The maximum atomic E-state index is 13.4. The molecule has 11 heteroatoms. The van der Waals surface area contributed by atoms with E-state index in [9.17, 15) is 13.2 Å². The fraction of sp³-hybridized carbons (Fsp3) is 0.381. The van der Waals surface area contributed by atoms with E-state index in [1.807, 2.05) is 13.0 Å². The fourth-order valence-electron chi connectivity index (χ4n) is 3.70. The molecule has 0 bridgehead atoms. The molecule has 3 heterocycles. The van der Waals surface area contributed by atoms with Crippen molar-refractivity contribution in [2.45, 2.75) is 38.5 Å². The second-order valence-corrected chi connectivity index (χ2v) is 11.4. The number of aromatic nitrogens is 2. The van der Waals surface area contributed by atoms with Crippen molar-refractivity contribution in [1.82, 2.24) is 14.4 Å². The molecular formula is C21H23ClN4O4S2. The quantitative estimate of drug-likeness (QED) is 0.563. The Kier molecular flexibility index (Phi) is 6.39. The molecule has 0 aliphatic carbocycles. The molecule has 1 amide bonds. The second-order valence-electron chi connectivity index (χ2n) is 7.84.